The molecule has 3 nitrogen and oxygen atoms in total. The minimum absolute atomic E-state index is 0.330. The second kappa shape index (κ2) is 1.86. The van der Waals surface area contributed by atoms with Crippen LogP contribution in [-0.2, 0) is 0 Å². The van der Waals surface area contributed by atoms with E-state index in [1.807, 2.05) is 0 Å². The molecule has 3 heteroatoms. The van der Waals surface area contributed by atoms with Gasteiger partial charge >= 0.3 is 0 Å². The summed E-state index contributed by atoms with van der Waals surface area (Å²) < 4.78 is 0.955. The van der Waals surface area contributed by atoms with Crippen LogP contribution in [0, 0.1) is 5.21 Å². The van der Waals surface area contributed by atoms with Gasteiger partial charge in [0, 0.05) is 5.92 Å². The molecule has 60 valence electrons. The Labute approximate surface area is 70.0 Å². The molecule has 0 fully saturated rings. The van der Waals surface area contributed by atoms with Gasteiger partial charge in [0.15, 0.2) is 6.20 Å². The van der Waals surface area contributed by atoms with Gasteiger partial charge in [-0.25, -0.2) is 4.98 Å². The molecule has 1 aromatic heterocycles. The molecule has 0 aliphatic heterocycles. The normalized spacial score (nSPS) is 29.3. The number of fused-ring (bicyclic) bond motifs is 5. The molecular weight excluding hydrogens is 152 g/mol. The van der Waals surface area contributed by atoms with Crippen molar-refractivity contribution in [2.45, 2.75) is 18.3 Å². The molecule has 0 N–H and O–H groups in total. The lowest BCUT2D eigenvalue weighted by molar-refractivity contribution is -0.615. The van der Waals surface area contributed by atoms with Crippen molar-refractivity contribution < 1.29 is 4.73 Å². The van der Waals surface area contributed by atoms with E-state index in [4.69, 9.17) is 0 Å². The second-order valence-corrected chi connectivity index (χ2v) is 3.36. The highest BCUT2D eigenvalue weighted by molar-refractivity contribution is 5.37. The standard InChI is InChI=1S/C9H8N2O/c12-11-4-3-10-8-6-1-2-7(5-6)9(8)11/h1-4,6-7H,5H2. The Morgan fingerprint density at radius 1 is 1.42 bits per heavy atom. The van der Waals surface area contributed by atoms with Crippen molar-refractivity contribution in [2.24, 2.45) is 0 Å². The van der Waals surface area contributed by atoms with E-state index in [0.29, 0.717) is 11.8 Å². The third kappa shape index (κ3) is 0.570. The molecule has 2 atom stereocenters. The maximum absolute atomic E-state index is 11.3. The molecule has 2 unspecified atom stereocenters. The maximum Gasteiger partial charge on any atom is 0.221 e. The van der Waals surface area contributed by atoms with Crippen LogP contribution in [0.15, 0.2) is 24.5 Å². The smallest absolute Gasteiger partial charge is 0.221 e. The van der Waals surface area contributed by atoms with Gasteiger partial charge in [0.05, 0.1) is 12.1 Å². The first-order valence-corrected chi connectivity index (χ1v) is 4.12. The fraction of sp³-hybridized carbons (Fsp3) is 0.333. The molecule has 3 rings (SSSR count). The predicted molar refractivity (Wildman–Crippen MR) is 42.4 cm³/mol. The summed E-state index contributed by atoms with van der Waals surface area (Å²) in [6.45, 7) is 0. The van der Waals surface area contributed by atoms with Gasteiger partial charge in [0.25, 0.3) is 0 Å². The maximum atomic E-state index is 11.3. The van der Waals surface area contributed by atoms with Gasteiger partial charge in [-0.3, -0.25) is 0 Å². The summed E-state index contributed by atoms with van der Waals surface area (Å²) in [5, 5.41) is 11.3. The number of allylic oxidation sites excluding steroid dienone is 2. The summed E-state index contributed by atoms with van der Waals surface area (Å²) in [7, 11) is 0. The van der Waals surface area contributed by atoms with Gasteiger partial charge in [-0.15, -0.1) is 0 Å². The van der Waals surface area contributed by atoms with Crippen LogP contribution in [0.25, 0.3) is 0 Å². The summed E-state index contributed by atoms with van der Waals surface area (Å²) in [5.41, 5.74) is 1.85. The quantitative estimate of drug-likeness (QED) is 0.321. The number of nitrogens with zero attached hydrogens (tertiary/aromatic N) is 2. The largest absolute Gasteiger partial charge is 0.618 e. The van der Waals surface area contributed by atoms with Crippen molar-refractivity contribution in [3.8, 4) is 0 Å². The molecule has 0 saturated heterocycles. The molecule has 12 heavy (non-hydrogen) atoms. The summed E-state index contributed by atoms with van der Waals surface area (Å²) in [4.78, 5) is 4.23. The Morgan fingerprint density at radius 3 is 3.08 bits per heavy atom. The summed E-state index contributed by atoms with van der Waals surface area (Å²) >= 11 is 0. The van der Waals surface area contributed by atoms with Gasteiger partial charge in [-0.05, 0) is 6.42 Å². The molecule has 0 radical (unpaired) electrons. The average Bonchev–Trinajstić information content (AvgIpc) is 2.64. The van der Waals surface area contributed by atoms with Crippen LogP contribution >= 0.6 is 0 Å². The highest BCUT2D eigenvalue weighted by atomic mass is 16.5. The van der Waals surface area contributed by atoms with Crippen molar-refractivity contribution in [1.82, 2.24) is 4.98 Å². The fourth-order valence-corrected chi connectivity index (χ4v) is 2.18. The van der Waals surface area contributed by atoms with E-state index in [9.17, 15) is 5.21 Å². The van der Waals surface area contributed by atoms with Gasteiger partial charge in [-0.1, -0.05) is 12.2 Å². The molecule has 0 spiro atoms. The molecule has 1 heterocycles. The second-order valence-electron chi connectivity index (χ2n) is 3.36. The fourth-order valence-electron chi connectivity index (χ4n) is 2.18. The molecule has 2 aliphatic carbocycles. The zero-order valence-electron chi connectivity index (χ0n) is 6.47. The van der Waals surface area contributed by atoms with Gasteiger partial charge in [0.1, 0.15) is 5.69 Å². The van der Waals surface area contributed by atoms with Crippen molar-refractivity contribution in [1.29, 1.82) is 0 Å². The highest BCUT2D eigenvalue weighted by Crippen LogP contribution is 2.45. The van der Waals surface area contributed by atoms with E-state index in [1.54, 1.807) is 6.20 Å². The molecule has 1 aromatic rings. The van der Waals surface area contributed by atoms with Crippen LogP contribution < -0.4 is 4.73 Å². The lowest BCUT2D eigenvalue weighted by Gasteiger charge is -2.07. The van der Waals surface area contributed by atoms with Crippen LogP contribution in [0.3, 0.4) is 0 Å². The van der Waals surface area contributed by atoms with Gasteiger partial charge < -0.3 is 5.21 Å². The number of aromatic nitrogens is 2. The van der Waals surface area contributed by atoms with Crippen LogP contribution in [0.2, 0.25) is 0 Å². The topological polar surface area (TPSA) is 39.8 Å². The van der Waals surface area contributed by atoms with Crippen LogP contribution in [-0.4, -0.2) is 4.98 Å². The minimum atomic E-state index is 0.330. The average molecular weight is 160 g/mol. The zero-order chi connectivity index (χ0) is 8.13. The molecule has 0 aromatic carbocycles. The third-order valence-corrected chi connectivity index (χ3v) is 2.70. The Kier molecular flexibility index (Phi) is 0.955. The summed E-state index contributed by atoms with van der Waals surface area (Å²) in [5.74, 6) is 0.739. The summed E-state index contributed by atoms with van der Waals surface area (Å²) in [6.07, 6.45) is 8.38. The zero-order valence-corrected chi connectivity index (χ0v) is 6.47. The highest BCUT2D eigenvalue weighted by Gasteiger charge is 2.40. The van der Waals surface area contributed by atoms with E-state index in [2.05, 4.69) is 17.1 Å². The van der Waals surface area contributed by atoms with E-state index < -0.39 is 0 Å². The lowest BCUT2D eigenvalue weighted by Crippen LogP contribution is -2.33. The predicted octanol–water partition coefficient (Wildman–Crippen LogP) is 0.856. The van der Waals surface area contributed by atoms with Crippen LogP contribution in [0.4, 0.5) is 0 Å². The van der Waals surface area contributed by atoms with Crippen molar-refractivity contribution in [3.05, 3.63) is 41.1 Å². The molecule has 0 amide bonds. The van der Waals surface area contributed by atoms with Crippen molar-refractivity contribution in [3.63, 3.8) is 0 Å². The van der Waals surface area contributed by atoms with Crippen molar-refractivity contribution >= 4 is 0 Å². The third-order valence-electron chi connectivity index (χ3n) is 2.70. The van der Waals surface area contributed by atoms with E-state index >= 15 is 0 Å². The first-order chi connectivity index (χ1) is 5.86. The van der Waals surface area contributed by atoms with E-state index in [0.717, 1.165) is 22.5 Å². The molecule has 0 saturated carbocycles. The lowest BCUT2D eigenvalue weighted by atomic mass is 10.1. The first kappa shape index (κ1) is 6.17. The Balaban J connectivity index is 2.30. The Hall–Kier alpha value is -1.38. The van der Waals surface area contributed by atoms with Crippen molar-refractivity contribution in [2.75, 3.05) is 0 Å². The Morgan fingerprint density at radius 2 is 2.25 bits per heavy atom. The first-order valence-electron chi connectivity index (χ1n) is 4.12. The molecule has 2 aliphatic rings. The van der Waals surface area contributed by atoms with Gasteiger partial charge in [-0.2, -0.15) is 4.73 Å². The number of rotatable bonds is 0. The van der Waals surface area contributed by atoms with Crippen LogP contribution in [0.1, 0.15) is 29.6 Å². The molecule has 2 bridgehead atoms. The van der Waals surface area contributed by atoms with E-state index in [-0.39, 0.29) is 0 Å². The SMILES string of the molecule is [O-][n+]1ccnc2c1C1C=CC2C1. The van der Waals surface area contributed by atoms with Gasteiger partial charge in [0.2, 0.25) is 5.69 Å². The van der Waals surface area contributed by atoms with Crippen LogP contribution in [0.5, 0.6) is 0 Å². The van der Waals surface area contributed by atoms with E-state index in [1.165, 1.54) is 6.20 Å². The molecular formula is C9H8N2O. The summed E-state index contributed by atoms with van der Waals surface area (Å²) in [6, 6.07) is 0. The minimum Gasteiger partial charge on any atom is -0.618 e. The Bertz CT molecular complexity index is 373. The monoisotopic (exact) mass is 160 g/mol. The number of hydrogen-bond donors (Lipinski definition) is 0. The number of hydrogen-bond acceptors (Lipinski definition) is 2.